The van der Waals surface area contributed by atoms with Gasteiger partial charge in [-0.2, -0.15) is 0 Å². The average molecular weight is 426 g/mol. The summed E-state index contributed by atoms with van der Waals surface area (Å²) in [4.78, 5) is 24.8. The minimum Gasteiger partial charge on any atom is -0.468 e. The SMILES string of the molecule is COC(=O)C(CC(=O)c1ccc(Oc2ccccc2)cc1)NCc1ccccc1.Cl. The molecule has 0 radical (unpaired) electrons. The third-order valence-corrected chi connectivity index (χ3v) is 4.43. The van der Waals surface area contributed by atoms with Gasteiger partial charge < -0.3 is 9.47 Å². The summed E-state index contributed by atoms with van der Waals surface area (Å²) >= 11 is 0. The third kappa shape index (κ3) is 6.72. The summed E-state index contributed by atoms with van der Waals surface area (Å²) in [6.45, 7) is 0.470. The van der Waals surface area contributed by atoms with Crippen LogP contribution in [-0.2, 0) is 16.1 Å². The number of ether oxygens (including phenoxy) is 2. The van der Waals surface area contributed by atoms with Crippen molar-refractivity contribution in [2.45, 2.75) is 19.0 Å². The number of halogens is 1. The molecule has 0 aromatic heterocycles. The van der Waals surface area contributed by atoms with E-state index in [0.717, 1.165) is 11.3 Å². The van der Waals surface area contributed by atoms with Gasteiger partial charge >= 0.3 is 5.97 Å². The van der Waals surface area contributed by atoms with Crippen LogP contribution in [0.25, 0.3) is 0 Å². The molecule has 1 N–H and O–H groups in total. The van der Waals surface area contributed by atoms with Gasteiger partial charge in [-0.3, -0.25) is 14.9 Å². The normalized spacial score (nSPS) is 11.1. The Balaban J connectivity index is 0.00000320. The minimum absolute atomic E-state index is 0. The van der Waals surface area contributed by atoms with Crippen LogP contribution in [0.1, 0.15) is 22.3 Å². The molecule has 156 valence electrons. The second-order valence-corrected chi connectivity index (χ2v) is 6.51. The van der Waals surface area contributed by atoms with Crippen molar-refractivity contribution in [2.75, 3.05) is 7.11 Å². The quantitative estimate of drug-likeness (QED) is 0.394. The summed E-state index contributed by atoms with van der Waals surface area (Å²) in [7, 11) is 1.32. The average Bonchev–Trinajstić information content (AvgIpc) is 2.78. The van der Waals surface area contributed by atoms with Crippen molar-refractivity contribution in [3.8, 4) is 11.5 Å². The summed E-state index contributed by atoms with van der Waals surface area (Å²) in [5.41, 5.74) is 1.54. The maximum absolute atomic E-state index is 12.7. The molecule has 30 heavy (non-hydrogen) atoms. The van der Waals surface area contributed by atoms with Crippen molar-refractivity contribution in [3.05, 3.63) is 96.1 Å². The van der Waals surface area contributed by atoms with Gasteiger partial charge in [0.1, 0.15) is 17.5 Å². The highest BCUT2D eigenvalue weighted by Crippen LogP contribution is 2.21. The van der Waals surface area contributed by atoms with Gasteiger partial charge in [-0.1, -0.05) is 48.5 Å². The third-order valence-electron chi connectivity index (χ3n) is 4.43. The number of carbonyl (C=O) groups excluding carboxylic acids is 2. The first-order valence-corrected chi connectivity index (χ1v) is 9.37. The number of hydrogen-bond acceptors (Lipinski definition) is 5. The topological polar surface area (TPSA) is 64.6 Å². The maximum atomic E-state index is 12.7. The molecule has 0 saturated heterocycles. The lowest BCUT2D eigenvalue weighted by Crippen LogP contribution is -2.39. The van der Waals surface area contributed by atoms with E-state index < -0.39 is 12.0 Å². The van der Waals surface area contributed by atoms with Gasteiger partial charge in [0, 0.05) is 18.5 Å². The van der Waals surface area contributed by atoms with Crippen molar-refractivity contribution in [3.63, 3.8) is 0 Å². The number of methoxy groups -OCH3 is 1. The van der Waals surface area contributed by atoms with Crippen LogP contribution in [0.2, 0.25) is 0 Å². The molecular formula is C24H24ClNO4. The van der Waals surface area contributed by atoms with Crippen LogP contribution in [0, 0.1) is 0 Å². The first kappa shape index (κ1) is 23.1. The number of para-hydroxylation sites is 1. The monoisotopic (exact) mass is 425 g/mol. The van der Waals surface area contributed by atoms with Crippen molar-refractivity contribution >= 4 is 24.2 Å². The molecule has 0 spiro atoms. The van der Waals surface area contributed by atoms with Gasteiger partial charge in [0.15, 0.2) is 5.78 Å². The molecule has 3 rings (SSSR count). The van der Waals surface area contributed by atoms with E-state index in [1.54, 1.807) is 24.3 Å². The standard InChI is InChI=1S/C24H23NO4.ClH/c1-28-24(27)22(25-17-18-8-4-2-5-9-18)16-23(26)19-12-14-21(15-13-19)29-20-10-6-3-7-11-20;/h2-15,22,25H,16-17H2,1H3;1H. The van der Waals surface area contributed by atoms with E-state index in [0.29, 0.717) is 17.9 Å². The predicted molar refractivity (Wildman–Crippen MR) is 118 cm³/mol. The zero-order chi connectivity index (χ0) is 20.5. The van der Waals surface area contributed by atoms with E-state index >= 15 is 0 Å². The van der Waals surface area contributed by atoms with E-state index in [1.165, 1.54) is 7.11 Å². The molecule has 1 atom stereocenters. The Kier molecular flexibility index (Phi) is 9.06. The van der Waals surface area contributed by atoms with Crippen LogP contribution < -0.4 is 10.1 Å². The van der Waals surface area contributed by atoms with Gasteiger partial charge in [0.2, 0.25) is 0 Å². The molecule has 0 aliphatic heterocycles. The van der Waals surface area contributed by atoms with E-state index in [4.69, 9.17) is 9.47 Å². The molecular weight excluding hydrogens is 402 g/mol. The van der Waals surface area contributed by atoms with Crippen molar-refractivity contribution < 1.29 is 19.1 Å². The molecule has 3 aromatic rings. The molecule has 0 aliphatic rings. The number of benzene rings is 3. The smallest absolute Gasteiger partial charge is 0.323 e. The number of nitrogens with one attached hydrogen (secondary N) is 1. The second-order valence-electron chi connectivity index (χ2n) is 6.51. The number of rotatable bonds is 9. The Bertz CT molecular complexity index is 930. The summed E-state index contributed by atoms with van der Waals surface area (Å²) in [6.07, 6.45) is 0.0123. The largest absolute Gasteiger partial charge is 0.468 e. The fourth-order valence-corrected chi connectivity index (χ4v) is 2.85. The van der Waals surface area contributed by atoms with Gasteiger partial charge in [-0.15, -0.1) is 12.4 Å². The molecule has 0 heterocycles. The van der Waals surface area contributed by atoms with E-state index in [1.807, 2.05) is 60.7 Å². The first-order valence-electron chi connectivity index (χ1n) is 9.37. The molecule has 0 saturated carbocycles. The van der Waals surface area contributed by atoms with Crippen LogP contribution in [0.4, 0.5) is 0 Å². The second kappa shape index (κ2) is 11.8. The molecule has 5 nitrogen and oxygen atoms in total. The molecule has 0 bridgehead atoms. The van der Waals surface area contributed by atoms with Gasteiger partial charge in [0.25, 0.3) is 0 Å². The van der Waals surface area contributed by atoms with Crippen LogP contribution in [-0.4, -0.2) is 24.9 Å². The van der Waals surface area contributed by atoms with Gasteiger partial charge in [-0.05, 0) is 42.0 Å². The minimum atomic E-state index is -0.715. The van der Waals surface area contributed by atoms with E-state index in [-0.39, 0.29) is 24.6 Å². The molecule has 3 aromatic carbocycles. The number of esters is 1. The Hall–Kier alpha value is -3.15. The lowest BCUT2D eigenvalue weighted by Gasteiger charge is -2.16. The van der Waals surface area contributed by atoms with Crippen molar-refractivity contribution in [2.24, 2.45) is 0 Å². The molecule has 0 amide bonds. The summed E-state index contributed by atoms with van der Waals surface area (Å²) in [5.74, 6) is 0.757. The number of carbonyl (C=O) groups is 2. The maximum Gasteiger partial charge on any atom is 0.323 e. The van der Waals surface area contributed by atoms with Crippen molar-refractivity contribution in [1.82, 2.24) is 5.32 Å². The highest BCUT2D eigenvalue weighted by atomic mass is 35.5. The summed E-state index contributed by atoms with van der Waals surface area (Å²) < 4.78 is 10.6. The molecule has 0 fully saturated rings. The Morgan fingerprint density at radius 2 is 1.40 bits per heavy atom. The summed E-state index contributed by atoms with van der Waals surface area (Å²) in [6, 6.07) is 25.3. The zero-order valence-corrected chi connectivity index (χ0v) is 17.4. The predicted octanol–water partition coefficient (Wildman–Crippen LogP) is 4.80. The lowest BCUT2D eigenvalue weighted by atomic mass is 10.0. The van der Waals surface area contributed by atoms with E-state index in [2.05, 4.69) is 5.32 Å². The van der Waals surface area contributed by atoms with Gasteiger partial charge in [-0.25, -0.2) is 0 Å². The highest BCUT2D eigenvalue weighted by molar-refractivity contribution is 5.99. The molecule has 0 aliphatic carbocycles. The fraction of sp³-hybridized carbons (Fsp3) is 0.167. The Morgan fingerprint density at radius 3 is 2.00 bits per heavy atom. The van der Waals surface area contributed by atoms with Crippen molar-refractivity contribution in [1.29, 1.82) is 0 Å². The van der Waals surface area contributed by atoms with Crippen LogP contribution in [0.15, 0.2) is 84.9 Å². The van der Waals surface area contributed by atoms with Crippen LogP contribution >= 0.6 is 12.4 Å². The Morgan fingerprint density at radius 1 is 0.833 bits per heavy atom. The fourth-order valence-electron chi connectivity index (χ4n) is 2.85. The van der Waals surface area contributed by atoms with Gasteiger partial charge in [0.05, 0.1) is 7.11 Å². The lowest BCUT2D eigenvalue weighted by molar-refractivity contribution is -0.143. The summed E-state index contributed by atoms with van der Waals surface area (Å²) in [5, 5.41) is 3.11. The van der Waals surface area contributed by atoms with Crippen LogP contribution in [0.5, 0.6) is 11.5 Å². The number of ketones is 1. The highest BCUT2D eigenvalue weighted by Gasteiger charge is 2.23. The molecule has 6 heteroatoms. The number of hydrogen-bond donors (Lipinski definition) is 1. The molecule has 1 unspecified atom stereocenters. The Labute approximate surface area is 182 Å². The number of Topliss-reactive ketones (excluding diaryl/α,β-unsaturated/α-hetero) is 1. The van der Waals surface area contributed by atoms with E-state index in [9.17, 15) is 9.59 Å². The first-order chi connectivity index (χ1) is 14.2. The zero-order valence-electron chi connectivity index (χ0n) is 16.6. The van der Waals surface area contributed by atoms with Crippen LogP contribution in [0.3, 0.4) is 0 Å².